The lowest BCUT2D eigenvalue weighted by atomic mass is 9.87. The normalized spacial score (nSPS) is 18.1. The van der Waals surface area contributed by atoms with Crippen molar-refractivity contribution in [2.45, 2.75) is 25.0 Å². The summed E-state index contributed by atoms with van der Waals surface area (Å²) >= 11 is 0. The summed E-state index contributed by atoms with van der Waals surface area (Å²) in [6.45, 7) is 0.525. The van der Waals surface area contributed by atoms with E-state index in [-0.39, 0.29) is 17.7 Å². The second-order valence-corrected chi connectivity index (χ2v) is 8.22. The summed E-state index contributed by atoms with van der Waals surface area (Å²) in [6, 6.07) is 23.8. The van der Waals surface area contributed by atoms with E-state index < -0.39 is 11.0 Å². The van der Waals surface area contributed by atoms with Crippen LogP contribution in [-0.2, 0) is 22.5 Å². The number of nitro benzene ring substituents is 1. The predicted octanol–water partition coefficient (Wildman–Crippen LogP) is 4.77. The van der Waals surface area contributed by atoms with Crippen LogP contribution < -0.4 is 0 Å². The first-order valence-electron chi connectivity index (χ1n) is 10.8. The summed E-state index contributed by atoms with van der Waals surface area (Å²) in [5.41, 5.74) is 5.05. The van der Waals surface area contributed by atoms with Crippen LogP contribution in [0.4, 0.5) is 5.69 Å². The molecule has 0 fully saturated rings. The van der Waals surface area contributed by atoms with Crippen molar-refractivity contribution in [3.05, 3.63) is 111 Å². The number of nitrogens with zero attached hydrogens (tertiary/aromatic N) is 2. The van der Waals surface area contributed by atoms with Crippen LogP contribution >= 0.6 is 0 Å². The Morgan fingerprint density at radius 3 is 2.45 bits per heavy atom. The number of methoxy groups -OCH3 is 1. The quantitative estimate of drug-likeness (QED) is 0.274. The van der Waals surface area contributed by atoms with Gasteiger partial charge in [-0.3, -0.25) is 19.8 Å². The van der Waals surface area contributed by atoms with Gasteiger partial charge in [0.2, 0.25) is 0 Å². The van der Waals surface area contributed by atoms with Crippen molar-refractivity contribution in [1.29, 1.82) is 0 Å². The monoisotopic (exact) mass is 441 g/mol. The van der Waals surface area contributed by atoms with E-state index in [1.165, 1.54) is 19.2 Å². The number of non-ortho nitro benzene ring substituents is 1. The molecular weight excluding hydrogens is 418 g/mol. The van der Waals surface area contributed by atoms with Gasteiger partial charge >= 0.3 is 5.97 Å². The molecule has 0 saturated heterocycles. The lowest BCUT2D eigenvalue weighted by molar-refractivity contribution is -0.384. The number of rotatable bonds is 5. The number of carbonyl (C=O) groups is 1. The summed E-state index contributed by atoms with van der Waals surface area (Å²) < 4.78 is 5.22. The van der Waals surface area contributed by atoms with Gasteiger partial charge in [0, 0.05) is 41.7 Å². The number of ether oxygens (including phenoxy) is 1. The lowest BCUT2D eigenvalue weighted by Crippen LogP contribution is -2.48. The molecule has 0 spiro atoms. The third kappa shape index (κ3) is 3.76. The molecule has 1 aromatic heterocycles. The maximum atomic E-state index is 13.0. The predicted molar refractivity (Wildman–Crippen MR) is 125 cm³/mol. The second kappa shape index (κ2) is 8.52. The number of aromatic nitrogens is 1. The maximum Gasteiger partial charge on any atom is 0.323 e. The minimum atomic E-state index is -0.498. The Hall–Kier alpha value is -3.97. The Bertz CT molecular complexity index is 1310. The van der Waals surface area contributed by atoms with Crippen molar-refractivity contribution >= 4 is 22.6 Å². The van der Waals surface area contributed by atoms with Gasteiger partial charge in [0.25, 0.3) is 5.69 Å². The van der Waals surface area contributed by atoms with E-state index in [1.807, 2.05) is 48.5 Å². The molecule has 0 saturated carbocycles. The van der Waals surface area contributed by atoms with E-state index in [4.69, 9.17) is 4.74 Å². The van der Waals surface area contributed by atoms with E-state index in [0.717, 1.165) is 33.3 Å². The van der Waals surface area contributed by atoms with Gasteiger partial charge in [-0.2, -0.15) is 0 Å². The van der Waals surface area contributed by atoms with Crippen molar-refractivity contribution in [2.75, 3.05) is 7.11 Å². The summed E-state index contributed by atoms with van der Waals surface area (Å²) in [5.74, 6) is -0.297. The fourth-order valence-electron chi connectivity index (χ4n) is 4.82. The molecule has 1 N–H and O–H groups in total. The molecule has 0 aliphatic carbocycles. The van der Waals surface area contributed by atoms with Crippen molar-refractivity contribution in [1.82, 2.24) is 9.88 Å². The zero-order chi connectivity index (χ0) is 22.9. The van der Waals surface area contributed by atoms with Crippen LogP contribution in [0.3, 0.4) is 0 Å². The van der Waals surface area contributed by atoms with Crippen molar-refractivity contribution in [3.63, 3.8) is 0 Å². The molecule has 2 unspecified atom stereocenters. The number of benzene rings is 3. The highest BCUT2D eigenvalue weighted by molar-refractivity contribution is 5.87. The standard InChI is InChI=1S/C26H23N3O4/c1-33-26(30)23-15-21-20-9-5-6-10-22(20)27-24(21)25(18-11-13-19(14-12-18)29(31)32)28(23)16-17-7-3-2-4-8-17/h2-14,23,25,27H,15-16H2,1H3. The fraction of sp³-hybridized carbons (Fsp3) is 0.192. The molecule has 0 bridgehead atoms. The molecule has 166 valence electrons. The van der Waals surface area contributed by atoms with Gasteiger partial charge < -0.3 is 9.72 Å². The summed E-state index contributed by atoms with van der Waals surface area (Å²) in [5, 5.41) is 12.3. The fourth-order valence-corrected chi connectivity index (χ4v) is 4.82. The SMILES string of the molecule is COC(=O)C1Cc2c([nH]c3ccccc23)C(c2ccc([N+](=O)[O-])cc2)N1Cc1ccccc1. The summed E-state index contributed by atoms with van der Waals surface area (Å²) in [7, 11) is 1.41. The molecule has 2 atom stereocenters. The Morgan fingerprint density at radius 2 is 1.76 bits per heavy atom. The highest BCUT2D eigenvalue weighted by atomic mass is 16.6. The van der Waals surface area contributed by atoms with E-state index in [2.05, 4.69) is 16.0 Å². The minimum absolute atomic E-state index is 0.0329. The maximum absolute atomic E-state index is 13.0. The molecule has 3 aromatic carbocycles. The van der Waals surface area contributed by atoms with Gasteiger partial charge in [0.15, 0.2) is 0 Å². The molecular formula is C26H23N3O4. The van der Waals surface area contributed by atoms with Gasteiger partial charge in [-0.15, -0.1) is 0 Å². The average molecular weight is 441 g/mol. The van der Waals surface area contributed by atoms with Crippen molar-refractivity contribution < 1.29 is 14.5 Å². The van der Waals surface area contributed by atoms with Crippen molar-refractivity contribution in [2.24, 2.45) is 0 Å². The largest absolute Gasteiger partial charge is 0.468 e. The molecule has 4 aromatic rings. The van der Waals surface area contributed by atoms with Gasteiger partial charge in [-0.05, 0) is 22.8 Å². The molecule has 5 rings (SSSR count). The van der Waals surface area contributed by atoms with Gasteiger partial charge in [-0.25, -0.2) is 0 Å². The first-order chi connectivity index (χ1) is 16.1. The number of hydrogen-bond donors (Lipinski definition) is 1. The topological polar surface area (TPSA) is 88.5 Å². The van der Waals surface area contributed by atoms with E-state index in [1.54, 1.807) is 12.1 Å². The highest BCUT2D eigenvalue weighted by Crippen LogP contribution is 2.42. The average Bonchev–Trinajstić information content (AvgIpc) is 3.22. The summed E-state index contributed by atoms with van der Waals surface area (Å²) in [6.07, 6.45) is 0.516. The molecule has 33 heavy (non-hydrogen) atoms. The number of H-pyrrole nitrogens is 1. The Labute approximate surface area is 190 Å². The second-order valence-electron chi connectivity index (χ2n) is 8.22. The van der Waals surface area contributed by atoms with E-state index in [0.29, 0.717) is 13.0 Å². The minimum Gasteiger partial charge on any atom is -0.468 e. The van der Waals surface area contributed by atoms with Gasteiger partial charge in [0.1, 0.15) is 6.04 Å². The van der Waals surface area contributed by atoms with Crippen LogP contribution in [0.15, 0.2) is 78.9 Å². The number of nitro groups is 1. The molecule has 1 aliphatic heterocycles. The van der Waals surface area contributed by atoms with Crippen LogP contribution in [0, 0.1) is 10.1 Å². The molecule has 0 radical (unpaired) electrons. The van der Waals surface area contributed by atoms with Crippen LogP contribution in [-0.4, -0.2) is 33.9 Å². The third-order valence-electron chi connectivity index (χ3n) is 6.35. The van der Waals surface area contributed by atoms with Crippen LogP contribution in [0.1, 0.15) is 28.4 Å². The molecule has 2 heterocycles. The molecule has 7 nitrogen and oxygen atoms in total. The van der Waals surface area contributed by atoms with Crippen LogP contribution in [0.5, 0.6) is 0 Å². The number of hydrogen-bond acceptors (Lipinski definition) is 5. The van der Waals surface area contributed by atoms with Crippen molar-refractivity contribution in [3.8, 4) is 0 Å². The van der Waals surface area contributed by atoms with Crippen LogP contribution in [0.2, 0.25) is 0 Å². The number of para-hydroxylation sites is 1. The molecule has 7 heteroatoms. The van der Waals surface area contributed by atoms with Crippen LogP contribution in [0.25, 0.3) is 10.9 Å². The van der Waals surface area contributed by atoms with Gasteiger partial charge in [-0.1, -0.05) is 60.7 Å². The number of nitrogens with one attached hydrogen (secondary N) is 1. The zero-order valence-corrected chi connectivity index (χ0v) is 18.1. The Morgan fingerprint density at radius 1 is 1.06 bits per heavy atom. The first kappa shape index (κ1) is 20.9. The number of esters is 1. The number of carbonyl (C=O) groups excluding carboxylic acids is 1. The Kier molecular flexibility index (Phi) is 5.40. The number of aromatic amines is 1. The third-order valence-corrected chi connectivity index (χ3v) is 6.35. The first-order valence-corrected chi connectivity index (χ1v) is 10.8. The smallest absolute Gasteiger partial charge is 0.323 e. The highest BCUT2D eigenvalue weighted by Gasteiger charge is 2.41. The lowest BCUT2D eigenvalue weighted by Gasteiger charge is -2.41. The van der Waals surface area contributed by atoms with Gasteiger partial charge in [0.05, 0.1) is 18.1 Å². The number of fused-ring (bicyclic) bond motifs is 3. The van der Waals surface area contributed by atoms with E-state index in [9.17, 15) is 14.9 Å². The van der Waals surface area contributed by atoms with E-state index >= 15 is 0 Å². The summed E-state index contributed by atoms with van der Waals surface area (Å²) in [4.78, 5) is 29.5. The zero-order valence-electron chi connectivity index (χ0n) is 18.1. The Balaban J connectivity index is 1.70. The molecule has 0 amide bonds. The molecule has 1 aliphatic rings.